The lowest BCUT2D eigenvalue weighted by molar-refractivity contribution is 0.0691. The van der Waals surface area contributed by atoms with Crippen LogP contribution in [0.2, 0.25) is 5.02 Å². The molecule has 2 heterocycles. The van der Waals surface area contributed by atoms with Crippen molar-refractivity contribution in [3.63, 3.8) is 0 Å². The number of anilines is 2. The van der Waals surface area contributed by atoms with Crippen LogP contribution >= 0.6 is 22.9 Å². The number of carbonyl (C=O) groups is 2. The molecule has 0 atom stereocenters. The van der Waals surface area contributed by atoms with Gasteiger partial charge in [0.2, 0.25) is 0 Å². The molecule has 10 nitrogen and oxygen atoms in total. The predicted molar refractivity (Wildman–Crippen MR) is 121 cm³/mol. The average molecular weight is 510 g/mol. The normalized spacial score (nSPS) is 13.1. The van der Waals surface area contributed by atoms with Gasteiger partial charge in [-0.15, -0.1) is 11.3 Å². The SMILES string of the molecule is COc1ccc(Cl)cc1S(=O)(=O)N1CCOc2ccc(C(=O)Nc3nc(C(=O)O)cs3)cc21. The number of carbonyl (C=O) groups excluding carboxylic acids is 1. The number of ether oxygens (including phenoxy) is 2. The third-order valence-corrected chi connectivity index (χ3v) is 7.51. The minimum atomic E-state index is -4.11. The summed E-state index contributed by atoms with van der Waals surface area (Å²) in [5.41, 5.74) is 0.104. The van der Waals surface area contributed by atoms with Gasteiger partial charge in [-0.05, 0) is 36.4 Å². The number of nitrogens with one attached hydrogen (secondary N) is 1. The summed E-state index contributed by atoms with van der Waals surface area (Å²) in [6.45, 7) is 0.113. The smallest absolute Gasteiger partial charge is 0.355 e. The van der Waals surface area contributed by atoms with Crippen LogP contribution in [0.1, 0.15) is 20.8 Å². The molecule has 1 amide bonds. The molecule has 3 aromatic rings. The third kappa shape index (κ3) is 4.45. The first-order valence-corrected chi connectivity index (χ1v) is 12.0. The number of rotatable bonds is 6. The number of nitrogens with zero attached hydrogens (tertiary/aromatic N) is 2. The van der Waals surface area contributed by atoms with Crippen LogP contribution in [-0.2, 0) is 10.0 Å². The van der Waals surface area contributed by atoms with E-state index in [2.05, 4.69) is 10.3 Å². The molecule has 172 valence electrons. The molecule has 0 aliphatic carbocycles. The standard InChI is InChI=1S/C20H16ClN3O7S2/c1-30-16-5-3-12(21)9-17(16)33(28,29)24-6-7-31-15-4-2-11(8-14(15)24)18(25)23-20-22-13(10-32-20)19(26)27/h2-5,8-10H,6-7H2,1H3,(H,26,27)(H,22,23,25). The van der Waals surface area contributed by atoms with E-state index in [0.717, 1.165) is 15.6 Å². The Bertz CT molecular complexity index is 1360. The zero-order valence-corrected chi connectivity index (χ0v) is 19.3. The van der Waals surface area contributed by atoms with Crippen LogP contribution in [0.4, 0.5) is 10.8 Å². The number of carboxylic acid groups (broad SMARTS) is 1. The number of carboxylic acids is 1. The molecular formula is C20H16ClN3O7S2. The second kappa shape index (κ2) is 8.89. The Kier molecular flexibility index (Phi) is 6.15. The van der Waals surface area contributed by atoms with Crippen LogP contribution < -0.4 is 19.1 Å². The number of methoxy groups -OCH3 is 1. The van der Waals surface area contributed by atoms with E-state index in [1.165, 1.54) is 48.9 Å². The topological polar surface area (TPSA) is 135 Å². The molecule has 0 radical (unpaired) electrons. The maximum absolute atomic E-state index is 13.5. The quantitative estimate of drug-likeness (QED) is 0.516. The highest BCUT2D eigenvalue weighted by molar-refractivity contribution is 7.93. The number of hydrogen-bond acceptors (Lipinski definition) is 8. The van der Waals surface area contributed by atoms with E-state index in [0.29, 0.717) is 0 Å². The summed E-state index contributed by atoms with van der Waals surface area (Å²) < 4.78 is 38.9. The van der Waals surface area contributed by atoms with E-state index in [-0.39, 0.29) is 56.6 Å². The number of thiazole rings is 1. The average Bonchev–Trinajstić information content (AvgIpc) is 3.27. The van der Waals surface area contributed by atoms with Gasteiger partial charge in [-0.3, -0.25) is 14.4 Å². The van der Waals surface area contributed by atoms with Crippen molar-refractivity contribution in [2.75, 3.05) is 29.9 Å². The monoisotopic (exact) mass is 509 g/mol. The Morgan fingerprint density at radius 1 is 1.27 bits per heavy atom. The van der Waals surface area contributed by atoms with Gasteiger partial charge in [0.25, 0.3) is 15.9 Å². The Hall–Kier alpha value is -3.35. The van der Waals surface area contributed by atoms with Crippen LogP contribution in [0.5, 0.6) is 11.5 Å². The number of amides is 1. The lowest BCUT2D eigenvalue weighted by atomic mass is 10.1. The molecule has 2 N–H and O–H groups in total. The van der Waals surface area contributed by atoms with Crippen LogP contribution in [0, 0.1) is 0 Å². The Balaban J connectivity index is 1.69. The Morgan fingerprint density at radius 3 is 2.76 bits per heavy atom. The molecule has 13 heteroatoms. The van der Waals surface area contributed by atoms with E-state index >= 15 is 0 Å². The first-order chi connectivity index (χ1) is 15.7. The number of halogens is 1. The summed E-state index contributed by atoms with van der Waals surface area (Å²) in [6.07, 6.45) is 0. The van der Waals surface area contributed by atoms with Crippen molar-refractivity contribution in [3.05, 3.63) is 58.1 Å². The second-order valence-electron chi connectivity index (χ2n) is 6.70. The summed E-state index contributed by atoms with van der Waals surface area (Å²) >= 11 is 6.98. The molecular weight excluding hydrogens is 494 g/mol. The molecule has 0 bridgehead atoms. The fourth-order valence-corrected chi connectivity index (χ4v) is 5.71. The van der Waals surface area contributed by atoms with Gasteiger partial charge < -0.3 is 14.6 Å². The maximum atomic E-state index is 13.5. The number of hydrogen-bond donors (Lipinski definition) is 2. The van der Waals surface area contributed by atoms with Crippen LogP contribution in [-0.4, -0.2) is 50.6 Å². The second-order valence-corrected chi connectivity index (χ2v) is 9.83. The predicted octanol–water partition coefficient (Wildman–Crippen LogP) is 3.34. The lowest BCUT2D eigenvalue weighted by Gasteiger charge is -2.31. The highest BCUT2D eigenvalue weighted by Gasteiger charge is 2.33. The molecule has 0 saturated carbocycles. The molecule has 1 aliphatic heterocycles. The first-order valence-electron chi connectivity index (χ1n) is 9.34. The number of sulfonamides is 1. The van der Waals surface area contributed by atoms with Crippen LogP contribution in [0.25, 0.3) is 0 Å². The molecule has 1 aliphatic rings. The zero-order valence-electron chi connectivity index (χ0n) is 16.9. The summed E-state index contributed by atoms with van der Waals surface area (Å²) in [6, 6.07) is 8.61. The lowest BCUT2D eigenvalue weighted by Crippen LogP contribution is -2.38. The summed E-state index contributed by atoms with van der Waals surface area (Å²) in [4.78, 5) is 27.4. The number of aromatic carboxylic acids is 1. The highest BCUT2D eigenvalue weighted by Crippen LogP contribution is 2.38. The van der Waals surface area contributed by atoms with Gasteiger partial charge in [-0.2, -0.15) is 0 Å². The molecule has 0 fully saturated rings. The van der Waals surface area contributed by atoms with E-state index in [1.54, 1.807) is 0 Å². The molecule has 0 unspecified atom stereocenters. The van der Waals surface area contributed by atoms with Crippen molar-refractivity contribution in [1.29, 1.82) is 0 Å². The molecule has 1 aromatic heterocycles. The first kappa shape index (κ1) is 22.8. The zero-order chi connectivity index (χ0) is 23.8. The minimum Gasteiger partial charge on any atom is -0.495 e. The number of aromatic nitrogens is 1. The largest absolute Gasteiger partial charge is 0.495 e. The molecule has 4 rings (SSSR count). The molecule has 0 saturated heterocycles. The van der Waals surface area contributed by atoms with Gasteiger partial charge in [-0.25, -0.2) is 18.2 Å². The van der Waals surface area contributed by atoms with Gasteiger partial charge >= 0.3 is 5.97 Å². The van der Waals surface area contributed by atoms with Crippen LogP contribution in [0.3, 0.4) is 0 Å². The third-order valence-electron chi connectivity index (χ3n) is 4.68. The summed E-state index contributed by atoms with van der Waals surface area (Å²) in [5, 5.41) is 13.1. The van der Waals surface area contributed by atoms with Crippen molar-refractivity contribution in [2.24, 2.45) is 0 Å². The van der Waals surface area contributed by atoms with Crippen LogP contribution in [0.15, 0.2) is 46.7 Å². The van der Waals surface area contributed by atoms with Crippen molar-refractivity contribution in [1.82, 2.24) is 4.98 Å². The highest BCUT2D eigenvalue weighted by atomic mass is 35.5. The van der Waals surface area contributed by atoms with E-state index in [4.69, 9.17) is 26.2 Å². The molecule has 2 aromatic carbocycles. The summed E-state index contributed by atoms with van der Waals surface area (Å²) in [7, 11) is -2.76. The summed E-state index contributed by atoms with van der Waals surface area (Å²) in [5.74, 6) is -1.40. The van der Waals surface area contributed by atoms with E-state index in [9.17, 15) is 18.0 Å². The number of benzene rings is 2. The fourth-order valence-electron chi connectivity index (χ4n) is 3.15. The van der Waals surface area contributed by atoms with Gasteiger partial charge in [0.1, 0.15) is 23.0 Å². The van der Waals surface area contributed by atoms with Crippen molar-refractivity contribution in [3.8, 4) is 11.5 Å². The fraction of sp³-hybridized carbons (Fsp3) is 0.150. The van der Waals surface area contributed by atoms with Gasteiger partial charge in [0.05, 0.1) is 19.3 Å². The Morgan fingerprint density at radius 2 is 2.06 bits per heavy atom. The van der Waals surface area contributed by atoms with Crippen molar-refractivity contribution < 1.29 is 32.6 Å². The maximum Gasteiger partial charge on any atom is 0.355 e. The van der Waals surface area contributed by atoms with Crippen molar-refractivity contribution >= 4 is 55.7 Å². The van der Waals surface area contributed by atoms with Gasteiger partial charge in [-0.1, -0.05) is 11.6 Å². The van der Waals surface area contributed by atoms with E-state index < -0.39 is 21.9 Å². The minimum absolute atomic E-state index is 0.00449. The van der Waals surface area contributed by atoms with Gasteiger partial charge in [0, 0.05) is 16.0 Å². The molecule has 0 spiro atoms. The van der Waals surface area contributed by atoms with Gasteiger partial charge in [0.15, 0.2) is 10.8 Å². The van der Waals surface area contributed by atoms with Crippen molar-refractivity contribution in [2.45, 2.75) is 4.90 Å². The molecule has 33 heavy (non-hydrogen) atoms. The van der Waals surface area contributed by atoms with E-state index in [1.807, 2.05) is 0 Å². The Labute approximate surface area is 197 Å². The number of fused-ring (bicyclic) bond motifs is 1.